The Labute approximate surface area is 202 Å². The highest BCUT2D eigenvalue weighted by molar-refractivity contribution is 9.10. The maximum Gasteiger partial charge on any atom is 0.250 e. The van der Waals surface area contributed by atoms with E-state index in [2.05, 4.69) is 36.7 Å². The molecule has 3 N–H and O–H groups in total. The summed E-state index contributed by atoms with van der Waals surface area (Å²) >= 11 is 4.68. The third-order valence-corrected chi connectivity index (χ3v) is 5.94. The van der Waals surface area contributed by atoms with Gasteiger partial charge in [-0.1, -0.05) is 58.0 Å². The second-order valence-electron chi connectivity index (χ2n) is 6.81. The van der Waals surface area contributed by atoms with Crippen LogP contribution in [0.2, 0.25) is 0 Å². The number of phenols is 2. The largest absolute Gasteiger partial charge is 0.504 e. The molecule has 0 saturated carbocycles. The van der Waals surface area contributed by atoms with Crippen molar-refractivity contribution in [2.75, 3.05) is 5.75 Å². The molecule has 4 rings (SSSR count). The number of amides is 1. The molecule has 0 spiro atoms. The number of carbonyl (C=O) groups is 1. The Morgan fingerprint density at radius 1 is 1.03 bits per heavy atom. The number of benzene rings is 3. The topological polar surface area (TPSA) is 113 Å². The Morgan fingerprint density at radius 3 is 2.52 bits per heavy atom. The Bertz CT molecular complexity index is 1290. The van der Waals surface area contributed by atoms with Crippen molar-refractivity contribution in [2.45, 2.75) is 5.16 Å². The van der Waals surface area contributed by atoms with Gasteiger partial charge in [-0.3, -0.25) is 9.36 Å². The summed E-state index contributed by atoms with van der Waals surface area (Å²) < 4.78 is 2.87. The smallest absolute Gasteiger partial charge is 0.250 e. The molecule has 0 saturated heterocycles. The standard InChI is InChI=1S/C23H18BrN5O3S/c24-17-9-7-16(8-10-17)22-27-28-23(29(22)18-4-2-1-3-5-18)33-14-21(32)26-25-13-15-6-11-19(30)20(31)12-15/h1-13,30-31H,14H2,(H,26,32)/b25-13+. The summed E-state index contributed by atoms with van der Waals surface area (Å²) in [6.45, 7) is 0. The molecule has 8 nitrogen and oxygen atoms in total. The SMILES string of the molecule is O=C(CSc1nnc(-c2ccc(Br)cc2)n1-c1ccccc1)N/N=C/c1ccc(O)c(O)c1. The van der Waals surface area contributed by atoms with E-state index in [9.17, 15) is 15.0 Å². The predicted octanol–water partition coefficient (Wildman–Crippen LogP) is 4.35. The molecular formula is C23H18BrN5O3S. The van der Waals surface area contributed by atoms with E-state index < -0.39 is 0 Å². The number of nitrogens with zero attached hydrogens (tertiary/aromatic N) is 4. The van der Waals surface area contributed by atoms with Crippen molar-refractivity contribution < 1.29 is 15.0 Å². The molecule has 1 amide bonds. The van der Waals surface area contributed by atoms with Crippen molar-refractivity contribution in [3.05, 3.63) is 82.8 Å². The van der Waals surface area contributed by atoms with Gasteiger partial charge in [-0.25, -0.2) is 5.43 Å². The van der Waals surface area contributed by atoms with E-state index in [1.165, 1.54) is 30.1 Å². The first kappa shape index (κ1) is 22.6. The van der Waals surface area contributed by atoms with Gasteiger partial charge in [0.25, 0.3) is 5.91 Å². The van der Waals surface area contributed by atoms with Gasteiger partial charge in [-0.05, 0) is 48.0 Å². The van der Waals surface area contributed by atoms with Crippen LogP contribution in [0, 0.1) is 0 Å². The fourth-order valence-electron chi connectivity index (χ4n) is 2.92. The van der Waals surface area contributed by atoms with Gasteiger partial charge in [0.1, 0.15) is 0 Å². The molecule has 10 heteroatoms. The first-order chi connectivity index (χ1) is 16.0. The Hall–Kier alpha value is -3.63. The third kappa shape index (κ3) is 5.60. The van der Waals surface area contributed by atoms with Crippen LogP contribution in [-0.4, -0.2) is 42.9 Å². The van der Waals surface area contributed by atoms with E-state index >= 15 is 0 Å². The van der Waals surface area contributed by atoms with E-state index in [4.69, 9.17) is 0 Å². The second kappa shape index (κ2) is 10.3. The summed E-state index contributed by atoms with van der Waals surface area (Å²) in [7, 11) is 0. The minimum Gasteiger partial charge on any atom is -0.504 e. The van der Waals surface area contributed by atoms with Crippen LogP contribution in [0.15, 0.2) is 87.5 Å². The van der Waals surface area contributed by atoms with Crippen molar-refractivity contribution in [1.82, 2.24) is 20.2 Å². The Morgan fingerprint density at radius 2 is 1.79 bits per heavy atom. The zero-order valence-corrected chi connectivity index (χ0v) is 19.5. The first-order valence-corrected chi connectivity index (χ1v) is 11.5. The number of para-hydroxylation sites is 1. The number of hydrogen-bond acceptors (Lipinski definition) is 7. The molecule has 4 aromatic rings. The second-order valence-corrected chi connectivity index (χ2v) is 8.67. The van der Waals surface area contributed by atoms with Crippen LogP contribution in [0.4, 0.5) is 0 Å². The molecule has 0 unspecified atom stereocenters. The van der Waals surface area contributed by atoms with Crippen LogP contribution < -0.4 is 5.43 Å². The van der Waals surface area contributed by atoms with Crippen LogP contribution in [-0.2, 0) is 4.79 Å². The number of nitrogens with one attached hydrogen (secondary N) is 1. The highest BCUT2D eigenvalue weighted by atomic mass is 79.9. The number of hydrazone groups is 1. The highest BCUT2D eigenvalue weighted by Gasteiger charge is 2.17. The summed E-state index contributed by atoms with van der Waals surface area (Å²) in [5.74, 6) is -0.0715. The van der Waals surface area contributed by atoms with Crippen LogP contribution in [0.5, 0.6) is 11.5 Å². The molecule has 166 valence electrons. The average Bonchev–Trinajstić information content (AvgIpc) is 3.25. The molecule has 0 aliphatic carbocycles. The number of aromatic hydroxyl groups is 2. The average molecular weight is 524 g/mol. The highest BCUT2D eigenvalue weighted by Crippen LogP contribution is 2.28. The van der Waals surface area contributed by atoms with Gasteiger partial charge < -0.3 is 10.2 Å². The lowest BCUT2D eigenvalue weighted by Crippen LogP contribution is -2.20. The number of thioether (sulfide) groups is 1. The molecule has 3 aromatic carbocycles. The normalized spacial score (nSPS) is 11.1. The van der Waals surface area contributed by atoms with Crippen LogP contribution in [0.25, 0.3) is 17.1 Å². The number of carbonyl (C=O) groups excluding carboxylic acids is 1. The molecule has 0 atom stereocenters. The fourth-order valence-corrected chi connectivity index (χ4v) is 3.93. The summed E-state index contributed by atoms with van der Waals surface area (Å²) in [6, 6.07) is 21.7. The molecule has 33 heavy (non-hydrogen) atoms. The van der Waals surface area contributed by atoms with Gasteiger partial charge in [0.2, 0.25) is 0 Å². The van der Waals surface area contributed by atoms with Gasteiger partial charge >= 0.3 is 0 Å². The monoisotopic (exact) mass is 523 g/mol. The van der Waals surface area contributed by atoms with Crippen LogP contribution in [0.3, 0.4) is 0 Å². The fraction of sp³-hybridized carbons (Fsp3) is 0.0435. The molecule has 0 bridgehead atoms. The number of rotatable bonds is 7. The van der Waals surface area contributed by atoms with Crippen LogP contribution in [0.1, 0.15) is 5.56 Å². The van der Waals surface area contributed by atoms with Gasteiger partial charge in [-0.15, -0.1) is 10.2 Å². The zero-order chi connectivity index (χ0) is 23.2. The van der Waals surface area contributed by atoms with Crippen molar-refractivity contribution in [3.63, 3.8) is 0 Å². The molecular weight excluding hydrogens is 506 g/mol. The lowest BCUT2D eigenvalue weighted by atomic mass is 10.2. The van der Waals surface area contributed by atoms with Gasteiger partial charge in [-0.2, -0.15) is 5.10 Å². The molecule has 0 fully saturated rings. The molecule has 0 aliphatic rings. The molecule has 0 radical (unpaired) electrons. The minimum atomic E-state index is -0.327. The van der Waals surface area contributed by atoms with Gasteiger partial charge in [0.15, 0.2) is 22.5 Å². The quantitative estimate of drug-likeness (QED) is 0.143. The number of hydrogen-bond donors (Lipinski definition) is 3. The van der Waals surface area contributed by atoms with E-state index in [1.54, 1.807) is 6.07 Å². The van der Waals surface area contributed by atoms with Crippen molar-refractivity contribution in [1.29, 1.82) is 0 Å². The lowest BCUT2D eigenvalue weighted by Gasteiger charge is -2.10. The third-order valence-electron chi connectivity index (χ3n) is 4.48. The minimum absolute atomic E-state index is 0.0729. The van der Waals surface area contributed by atoms with Gasteiger partial charge in [0, 0.05) is 15.7 Å². The molecule has 1 heterocycles. The maximum absolute atomic E-state index is 12.3. The van der Waals surface area contributed by atoms with E-state index in [-0.39, 0.29) is 23.2 Å². The molecule has 1 aromatic heterocycles. The van der Waals surface area contributed by atoms with E-state index in [0.717, 1.165) is 15.7 Å². The molecule has 0 aliphatic heterocycles. The lowest BCUT2D eigenvalue weighted by molar-refractivity contribution is -0.118. The predicted molar refractivity (Wildman–Crippen MR) is 131 cm³/mol. The zero-order valence-electron chi connectivity index (χ0n) is 17.1. The number of phenolic OH excluding ortho intramolecular Hbond substituents is 2. The maximum atomic E-state index is 12.3. The van der Waals surface area contributed by atoms with E-state index in [1.807, 2.05) is 59.2 Å². The van der Waals surface area contributed by atoms with E-state index in [0.29, 0.717) is 16.5 Å². The summed E-state index contributed by atoms with van der Waals surface area (Å²) in [6.07, 6.45) is 1.37. The number of aromatic nitrogens is 3. The summed E-state index contributed by atoms with van der Waals surface area (Å²) in [5.41, 5.74) is 4.75. The number of halogens is 1. The van der Waals surface area contributed by atoms with Crippen LogP contribution >= 0.6 is 27.7 Å². The van der Waals surface area contributed by atoms with Gasteiger partial charge in [0.05, 0.1) is 12.0 Å². The summed E-state index contributed by atoms with van der Waals surface area (Å²) in [4.78, 5) is 12.3. The summed E-state index contributed by atoms with van der Waals surface area (Å²) in [5, 5.41) is 32.0. The first-order valence-electron chi connectivity index (χ1n) is 9.75. The Kier molecular flexibility index (Phi) is 7.06. The van der Waals surface area contributed by atoms with Crippen molar-refractivity contribution >= 4 is 39.8 Å². The van der Waals surface area contributed by atoms with Crippen molar-refractivity contribution in [3.8, 4) is 28.6 Å². The van der Waals surface area contributed by atoms with Crippen molar-refractivity contribution in [2.24, 2.45) is 5.10 Å². The Balaban J connectivity index is 1.48.